The van der Waals surface area contributed by atoms with Gasteiger partial charge in [-0.2, -0.15) is 4.98 Å². The van der Waals surface area contributed by atoms with Gasteiger partial charge in [0.15, 0.2) is 0 Å². The number of aryl methyl sites for hydroxylation is 2. The number of imide groups is 1. The van der Waals surface area contributed by atoms with E-state index < -0.39 is 36.5 Å². The van der Waals surface area contributed by atoms with Crippen LogP contribution in [0.2, 0.25) is 0 Å². The standard InChI is InChI=1S/C51H62BrF2N10O4P/c1-6-32-23-43(58-51-55-27-38(52)49(60-51)57-42-13-12-41-36(48(42)69(4,5)67)10-9-33(7-2)56-41)45(68-8-3)26-44(32)63-17-15-34(16-18-63)62-21-19-61(20-22-62)28-31-29-64(30-31)35-24-39(53)47(40(54)25-35)37-11-14-46(65)59-50(37)66/h9-10,12-13,23-27,31,34,37H,6-8,11,14-22,28-30H2,1-5H3,(H,59,65,66)(H2,55,57,58,60)/t37-/m1/s1. The molecule has 0 spiro atoms. The molecule has 9 rings (SSSR count). The molecular weight excluding hydrogens is 966 g/mol. The zero-order valence-corrected chi connectivity index (χ0v) is 42.6. The van der Waals surface area contributed by atoms with Crippen LogP contribution in [0.5, 0.6) is 5.75 Å². The lowest BCUT2D eigenvalue weighted by Crippen LogP contribution is -2.57. The number of pyridine rings is 1. The monoisotopic (exact) mass is 1030 g/mol. The van der Waals surface area contributed by atoms with E-state index in [4.69, 9.17) is 14.7 Å². The van der Waals surface area contributed by atoms with Crippen LogP contribution in [0.3, 0.4) is 0 Å². The van der Waals surface area contributed by atoms with Crippen molar-refractivity contribution in [2.24, 2.45) is 5.92 Å². The molecule has 18 heteroatoms. The Bertz CT molecular complexity index is 2770. The summed E-state index contributed by atoms with van der Waals surface area (Å²) in [6.45, 7) is 18.6. The highest BCUT2D eigenvalue weighted by Crippen LogP contribution is 2.43. The Labute approximate surface area is 411 Å². The predicted octanol–water partition coefficient (Wildman–Crippen LogP) is 8.57. The maximum Gasteiger partial charge on any atom is 0.234 e. The van der Waals surface area contributed by atoms with Crippen LogP contribution in [0.4, 0.5) is 43.3 Å². The van der Waals surface area contributed by atoms with E-state index in [-0.39, 0.29) is 18.4 Å². The molecule has 0 unspecified atom stereocenters. The lowest BCUT2D eigenvalue weighted by Gasteiger charge is -2.47. The van der Waals surface area contributed by atoms with Gasteiger partial charge in [0.05, 0.1) is 33.9 Å². The van der Waals surface area contributed by atoms with Crippen molar-refractivity contribution in [3.8, 4) is 5.75 Å². The van der Waals surface area contributed by atoms with Gasteiger partial charge in [-0.25, -0.2) is 13.8 Å². The third kappa shape index (κ3) is 10.6. The second-order valence-electron chi connectivity index (χ2n) is 19.1. The van der Waals surface area contributed by atoms with Crippen LogP contribution in [0.1, 0.15) is 69.2 Å². The van der Waals surface area contributed by atoms with Gasteiger partial charge in [-0.15, -0.1) is 0 Å². The fraction of sp³-hybridized carbons (Fsp3) is 0.471. The van der Waals surface area contributed by atoms with E-state index in [1.54, 1.807) is 19.5 Å². The predicted molar refractivity (Wildman–Crippen MR) is 274 cm³/mol. The molecule has 2 amide bonds. The maximum absolute atomic E-state index is 15.2. The maximum atomic E-state index is 15.2. The molecule has 4 aliphatic heterocycles. The average Bonchev–Trinajstić information content (AvgIpc) is 3.31. The Kier molecular flexibility index (Phi) is 14.6. The van der Waals surface area contributed by atoms with Gasteiger partial charge in [-0.1, -0.05) is 19.9 Å². The molecule has 0 aliphatic carbocycles. The molecule has 3 N–H and O–H groups in total. The van der Waals surface area contributed by atoms with Crippen LogP contribution in [-0.4, -0.2) is 121 Å². The number of piperidine rings is 2. The number of benzene rings is 3. The van der Waals surface area contributed by atoms with Crippen molar-refractivity contribution >= 4 is 85.6 Å². The number of halogens is 3. The molecule has 0 bridgehead atoms. The van der Waals surface area contributed by atoms with E-state index in [1.165, 1.54) is 23.4 Å². The van der Waals surface area contributed by atoms with Gasteiger partial charge < -0.3 is 34.6 Å². The van der Waals surface area contributed by atoms with Crippen molar-refractivity contribution < 1.29 is 27.7 Å². The lowest BCUT2D eigenvalue weighted by atomic mass is 9.89. The fourth-order valence-electron chi connectivity index (χ4n) is 10.5. The number of fused-ring (bicyclic) bond motifs is 1. The molecule has 0 radical (unpaired) electrons. The molecule has 1 atom stereocenters. The molecule has 14 nitrogen and oxygen atoms in total. The average molecular weight is 1030 g/mol. The highest BCUT2D eigenvalue weighted by molar-refractivity contribution is 9.10. The minimum absolute atomic E-state index is 0.0658. The number of carbonyl (C=O) groups is 2. The molecule has 366 valence electrons. The van der Waals surface area contributed by atoms with Gasteiger partial charge in [0.25, 0.3) is 0 Å². The minimum atomic E-state index is -2.75. The summed E-state index contributed by atoms with van der Waals surface area (Å²) in [5.74, 6) is -1.46. The summed E-state index contributed by atoms with van der Waals surface area (Å²) in [7, 11) is -2.75. The Morgan fingerprint density at radius 1 is 0.855 bits per heavy atom. The van der Waals surface area contributed by atoms with Gasteiger partial charge in [-0.3, -0.25) is 24.8 Å². The number of hydrogen-bond acceptors (Lipinski definition) is 13. The summed E-state index contributed by atoms with van der Waals surface area (Å²) >= 11 is 3.64. The van der Waals surface area contributed by atoms with E-state index in [1.807, 2.05) is 36.1 Å². The van der Waals surface area contributed by atoms with Crippen LogP contribution in [0.25, 0.3) is 10.9 Å². The zero-order chi connectivity index (χ0) is 48.6. The van der Waals surface area contributed by atoms with Crippen molar-refractivity contribution in [3.05, 3.63) is 87.7 Å². The van der Waals surface area contributed by atoms with E-state index in [0.717, 1.165) is 118 Å². The zero-order valence-electron chi connectivity index (χ0n) is 40.1. The second kappa shape index (κ2) is 20.6. The largest absolute Gasteiger partial charge is 0.492 e. The van der Waals surface area contributed by atoms with Crippen molar-refractivity contribution in [2.75, 3.05) is 99.3 Å². The smallest absolute Gasteiger partial charge is 0.234 e. The van der Waals surface area contributed by atoms with E-state index in [0.29, 0.717) is 46.2 Å². The van der Waals surface area contributed by atoms with Gasteiger partial charge in [0.2, 0.25) is 17.8 Å². The summed E-state index contributed by atoms with van der Waals surface area (Å²) in [6.07, 6.45) is 5.67. The summed E-state index contributed by atoms with van der Waals surface area (Å²) in [5.41, 5.74) is 5.92. The topological polar surface area (TPSA) is 148 Å². The number of ether oxygens (including phenoxy) is 1. The first-order valence-corrected chi connectivity index (χ1v) is 27.7. The first-order valence-electron chi connectivity index (χ1n) is 24.3. The van der Waals surface area contributed by atoms with E-state index in [2.05, 4.69) is 77.5 Å². The van der Waals surface area contributed by atoms with Crippen LogP contribution in [0.15, 0.2) is 59.2 Å². The minimum Gasteiger partial charge on any atom is -0.492 e. The lowest BCUT2D eigenvalue weighted by molar-refractivity contribution is -0.134. The number of anilines is 6. The number of rotatable bonds is 15. The molecule has 4 aliphatic rings. The molecule has 2 aromatic heterocycles. The molecule has 69 heavy (non-hydrogen) atoms. The number of amides is 2. The number of nitrogens with zero attached hydrogens (tertiary/aromatic N) is 7. The van der Waals surface area contributed by atoms with Crippen molar-refractivity contribution in [1.82, 2.24) is 30.1 Å². The summed E-state index contributed by atoms with van der Waals surface area (Å²) < 4.78 is 51.1. The van der Waals surface area contributed by atoms with Crippen molar-refractivity contribution in [2.45, 2.75) is 71.3 Å². The van der Waals surface area contributed by atoms with Crippen LogP contribution in [-0.2, 0) is 27.0 Å². The first kappa shape index (κ1) is 48.8. The second-order valence-corrected chi connectivity index (χ2v) is 23.1. The highest BCUT2D eigenvalue weighted by atomic mass is 79.9. The molecule has 0 saturated carbocycles. The van der Waals surface area contributed by atoms with Crippen LogP contribution >= 0.6 is 23.1 Å². The summed E-state index contributed by atoms with van der Waals surface area (Å²) in [4.78, 5) is 47.8. The fourth-order valence-corrected chi connectivity index (χ4v) is 12.3. The molecule has 6 heterocycles. The van der Waals surface area contributed by atoms with Crippen molar-refractivity contribution in [1.29, 1.82) is 0 Å². The number of piperazine rings is 1. The van der Waals surface area contributed by atoms with Gasteiger partial charge in [0.1, 0.15) is 30.3 Å². The number of aromatic nitrogens is 3. The summed E-state index contributed by atoms with van der Waals surface area (Å²) in [6, 6.07) is 15.4. The Morgan fingerprint density at radius 3 is 2.26 bits per heavy atom. The van der Waals surface area contributed by atoms with Crippen LogP contribution in [0, 0.1) is 17.6 Å². The van der Waals surface area contributed by atoms with Gasteiger partial charge in [0, 0.05) is 123 Å². The Morgan fingerprint density at radius 2 is 1.59 bits per heavy atom. The Hall–Kier alpha value is -5.22. The third-order valence-corrected chi connectivity index (χ3v) is 16.3. The van der Waals surface area contributed by atoms with Gasteiger partial charge >= 0.3 is 0 Å². The number of hydrogen-bond donors (Lipinski definition) is 3. The highest BCUT2D eigenvalue weighted by Gasteiger charge is 2.36. The molecule has 4 fully saturated rings. The molecular formula is C51H62BrF2N10O4P. The SMILES string of the molecule is CCOc1cc(N2CCC(N3CCN(CC4CN(c5cc(F)c([C@H]6CCC(=O)NC6=O)c(F)c5)C4)CC3)CC2)c(CC)cc1Nc1ncc(Br)c(Nc2ccc3nc(CC)ccc3c2P(C)(C)=O)n1. The van der Waals surface area contributed by atoms with Crippen LogP contribution < -0.4 is 35.8 Å². The van der Waals surface area contributed by atoms with E-state index >= 15 is 8.78 Å². The quantitative estimate of drug-likeness (QED) is 0.0680. The summed E-state index contributed by atoms with van der Waals surface area (Å²) in [5, 5.41) is 10.7. The normalized spacial score (nSPS) is 18.9. The third-order valence-electron chi connectivity index (χ3n) is 14.1. The number of nitrogens with one attached hydrogen (secondary N) is 3. The molecule has 5 aromatic rings. The molecule has 3 aromatic carbocycles. The van der Waals surface area contributed by atoms with E-state index in [9.17, 15) is 14.2 Å². The first-order chi connectivity index (χ1) is 33.2. The van der Waals surface area contributed by atoms with Crippen molar-refractivity contribution in [3.63, 3.8) is 0 Å². The molecule has 4 saturated heterocycles. The Balaban J connectivity index is 0.790. The number of carbonyl (C=O) groups excluding carboxylic acids is 2. The van der Waals surface area contributed by atoms with Gasteiger partial charge in [-0.05, 0) is 110 Å².